The molecule has 1 saturated heterocycles. The van der Waals surface area contributed by atoms with Gasteiger partial charge >= 0.3 is 5.97 Å². The summed E-state index contributed by atoms with van der Waals surface area (Å²) in [7, 11) is 0. The fraction of sp³-hybridized carbons (Fsp3) is 0.364. The number of benzene rings is 2. The Bertz CT molecular complexity index is 969. The second-order valence-corrected chi connectivity index (χ2v) is 8.14. The van der Waals surface area contributed by atoms with E-state index in [1.54, 1.807) is 32.0 Å². The number of phenols is 1. The highest BCUT2D eigenvalue weighted by Crippen LogP contribution is 2.40. The number of piperazine rings is 1. The molecule has 2 N–H and O–H groups in total. The normalized spacial score (nSPS) is 16.3. The molecule has 0 atom stereocenters. The van der Waals surface area contributed by atoms with Gasteiger partial charge in [0.1, 0.15) is 23.0 Å². The number of fused-ring (bicyclic) bond motifs is 2. The van der Waals surface area contributed by atoms with Gasteiger partial charge in [0.15, 0.2) is 5.75 Å². The first-order valence-electron chi connectivity index (χ1n) is 9.73. The van der Waals surface area contributed by atoms with Gasteiger partial charge in [0.05, 0.1) is 11.0 Å². The lowest BCUT2D eigenvalue weighted by atomic mass is 9.93. The summed E-state index contributed by atoms with van der Waals surface area (Å²) in [5.74, 6) is 1.41. The monoisotopic (exact) mass is 431 g/mol. The number of rotatable bonds is 3. The molecule has 0 aromatic heterocycles. The molecular weight excluding hydrogens is 406 g/mol. The maximum absolute atomic E-state index is 11.4. The lowest BCUT2D eigenvalue weighted by Gasteiger charge is -2.38. The summed E-state index contributed by atoms with van der Waals surface area (Å²) in [6.45, 7) is 7.06. The summed E-state index contributed by atoms with van der Waals surface area (Å²) in [5, 5.41) is 19.2. The largest absolute Gasteiger partial charge is 0.508 e. The first kappa shape index (κ1) is 21.9. The van der Waals surface area contributed by atoms with Crippen molar-refractivity contribution in [3.63, 3.8) is 0 Å². The van der Waals surface area contributed by atoms with Crippen molar-refractivity contribution in [2.45, 2.75) is 13.8 Å². The second kappa shape index (κ2) is 8.53. The van der Waals surface area contributed by atoms with Crippen LogP contribution < -0.4 is 4.74 Å². The van der Waals surface area contributed by atoms with Crippen LogP contribution in [0, 0.1) is 5.41 Å². The minimum Gasteiger partial charge on any atom is -0.508 e. The number of phenolic OH excluding ortho intramolecular Hbond substituents is 1. The van der Waals surface area contributed by atoms with Crippen molar-refractivity contribution in [2.24, 2.45) is 10.4 Å². The SMILES string of the molecule is CC(C)(CN1CCN(C2=Nc3ccc(O)cc3Oc3ccccc32)CC1)C(=O)O.Cl. The van der Waals surface area contributed by atoms with Gasteiger partial charge in [-0.3, -0.25) is 9.69 Å². The maximum atomic E-state index is 11.4. The smallest absolute Gasteiger partial charge is 0.310 e. The molecule has 2 aromatic rings. The van der Waals surface area contributed by atoms with Crippen LogP contribution in [0.2, 0.25) is 0 Å². The van der Waals surface area contributed by atoms with Gasteiger partial charge in [-0.1, -0.05) is 12.1 Å². The predicted molar refractivity (Wildman–Crippen MR) is 117 cm³/mol. The average molecular weight is 432 g/mol. The molecule has 0 spiro atoms. The molecule has 7 nitrogen and oxygen atoms in total. The highest BCUT2D eigenvalue weighted by molar-refractivity contribution is 6.03. The number of halogens is 1. The third-order valence-corrected chi connectivity index (χ3v) is 5.39. The van der Waals surface area contributed by atoms with E-state index in [-0.39, 0.29) is 18.2 Å². The maximum Gasteiger partial charge on any atom is 0.310 e. The van der Waals surface area contributed by atoms with E-state index >= 15 is 0 Å². The minimum atomic E-state index is -0.779. The molecular formula is C22H26ClN3O4. The molecule has 2 aliphatic rings. The Morgan fingerprint density at radius 3 is 2.50 bits per heavy atom. The first-order chi connectivity index (χ1) is 13.8. The number of amidine groups is 1. The van der Waals surface area contributed by atoms with Gasteiger partial charge in [-0.05, 0) is 38.1 Å². The number of aliphatic carboxylic acids is 1. The Balaban J connectivity index is 0.00000256. The van der Waals surface area contributed by atoms with Crippen LogP contribution in [0.1, 0.15) is 19.4 Å². The Labute approximate surface area is 182 Å². The van der Waals surface area contributed by atoms with Crippen LogP contribution in [0.15, 0.2) is 47.5 Å². The molecule has 0 bridgehead atoms. The minimum absolute atomic E-state index is 0. The summed E-state index contributed by atoms with van der Waals surface area (Å²) in [6, 6.07) is 12.7. The fourth-order valence-corrected chi connectivity index (χ4v) is 3.70. The lowest BCUT2D eigenvalue weighted by Crippen LogP contribution is -2.52. The van der Waals surface area contributed by atoms with Crippen LogP contribution in [-0.2, 0) is 4.79 Å². The van der Waals surface area contributed by atoms with E-state index < -0.39 is 11.4 Å². The van der Waals surface area contributed by atoms with Gasteiger partial charge < -0.3 is 19.8 Å². The standard InChI is InChI=1S/C22H25N3O4.ClH/c1-22(2,21(27)28)14-24-9-11-25(12-10-24)20-16-5-3-4-6-18(16)29-19-13-15(26)7-8-17(19)23-20;/h3-8,13,26H,9-12,14H2,1-2H3,(H,27,28);1H. The summed E-state index contributed by atoms with van der Waals surface area (Å²) in [4.78, 5) is 20.7. The zero-order chi connectivity index (χ0) is 20.6. The highest BCUT2D eigenvalue weighted by atomic mass is 35.5. The van der Waals surface area contributed by atoms with Crippen molar-refractivity contribution in [1.29, 1.82) is 0 Å². The topological polar surface area (TPSA) is 85.6 Å². The van der Waals surface area contributed by atoms with Crippen LogP contribution in [0.25, 0.3) is 0 Å². The average Bonchev–Trinajstić information content (AvgIpc) is 2.84. The van der Waals surface area contributed by atoms with E-state index in [0.717, 1.165) is 37.6 Å². The van der Waals surface area contributed by atoms with Crippen molar-refractivity contribution >= 4 is 29.9 Å². The van der Waals surface area contributed by atoms with E-state index in [1.807, 2.05) is 24.3 Å². The summed E-state index contributed by atoms with van der Waals surface area (Å²) in [6.07, 6.45) is 0. The molecule has 0 radical (unpaired) electrons. The van der Waals surface area contributed by atoms with Crippen LogP contribution in [0.3, 0.4) is 0 Å². The molecule has 2 aromatic carbocycles. The molecule has 0 aliphatic carbocycles. The number of hydrogen-bond acceptors (Lipinski definition) is 6. The number of para-hydroxylation sites is 1. The van der Waals surface area contributed by atoms with Gasteiger partial charge in [0.25, 0.3) is 0 Å². The zero-order valence-electron chi connectivity index (χ0n) is 17.0. The van der Waals surface area contributed by atoms with Gasteiger partial charge in [-0.2, -0.15) is 0 Å². The fourth-order valence-electron chi connectivity index (χ4n) is 3.70. The van der Waals surface area contributed by atoms with E-state index in [9.17, 15) is 15.0 Å². The molecule has 160 valence electrons. The van der Waals surface area contributed by atoms with Gasteiger partial charge in [0.2, 0.25) is 0 Å². The number of carboxylic acid groups (broad SMARTS) is 1. The Morgan fingerprint density at radius 1 is 1.10 bits per heavy atom. The van der Waals surface area contributed by atoms with Crippen molar-refractivity contribution in [1.82, 2.24) is 9.80 Å². The third kappa shape index (κ3) is 4.37. The number of nitrogens with zero attached hydrogens (tertiary/aromatic N) is 3. The molecule has 2 heterocycles. The van der Waals surface area contributed by atoms with Gasteiger partial charge in [0, 0.05) is 38.8 Å². The zero-order valence-corrected chi connectivity index (χ0v) is 17.9. The summed E-state index contributed by atoms with van der Waals surface area (Å²) >= 11 is 0. The molecule has 0 saturated carbocycles. The quantitative estimate of drug-likeness (QED) is 0.770. The van der Waals surface area contributed by atoms with E-state index in [4.69, 9.17) is 9.73 Å². The van der Waals surface area contributed by atoms with Crippen LogP contribution in [-0.4, -0.2) is 64.5 Å². The molecule has 30 heavy (non-hydrogen) atoms. The van der Waals surface area contributed by atoms with Gasteiger partial charge in [-0.15, -0.1) is 12.4 Å². The third-order valence-electron chi connectivity index (χ3n) is 5.39. The summed E-state index contributed by atoms with van der Waals surface area (Å²) in [5.41, 5.74) is 0.801. The number of aliphatic imine (C=N–C) groups is 1. The van der Waals surface area contributed by atoms with E-state index in [0.29, 0.717) is 23.7 Å². The van der Waals surface area contributed by atoms with Crippen molar-refractivity contribution in [3.05, 3.63) is 48.0 Å². The van der Waals surface area contributed by atoms with Crippen LogP contribution >= 0.6 is 12.4 Å². The highest BCUT2D eigenvalue weighted by Gasteiger charge is 2.32. The molecule has 0 amide bonds. The Hall–Kier alpha value is -2.77. The second-order valence-electron chi connectivity index (χ2n) is 8.14. The van der Waals surface area contributed by atoms with Crippen LogP contribution in [0.5, 0.6) is 17.2 Å². The van der Waals surface area contributed by atoms with E-state index in [1.165, 1.54) is 0 Å². The molecule has 2 aliphatic heterocycles. The number of carboxylic acids is 1. The number of carbonyl (C=O) groups is 1. The van der Waals surface area contributed by atoms with Crippen LogP contribution in [0.4, 0.5) is 5.69 Å². The lowest BCUT2D eigenvalue weighted by molar-refractivity contribution is -0.148. The summed E-state index contributed by atoms with van der Waals surface area (Å²) < 4.78 is 6.04. The number of aromatic hydroxyl groups is 1. The first-order valence-corrected chi connectivity index (χ1v) is 9.73. The molecule has 8 heteroatoms. The van der Waals surface area contributed by atoms with Gasteiger partial charge in [-0.25, -0.2) is 4.99 Å². The number of ether oxygens (including phenoxy) is 1. The van der Waals surface area contributed by atoms with Crippen molar-refractivity contribution < 1.29 is 19.7 Å². The molecule has 4 rings (SSSR count). The van der Waals surface area contributed by atoms with Crippen molar-refractivity contribution in [3.8, 4) is 17.2 Å². The predicted octanol–water partition coefficient (Wildman–Crippen LogP) is 3.73. The molecule has 0 unspecified atom stereocenters. The Kier molecular flexibility index (Phi) is 6.24. The van der Waals surface area contributed by atoms with E-state index in [2.05, 4.69) is 9.80 Å². The molecule has 1 fully saturated rings. The Morgan fingerprint density at radius 2 is 1.80 bits per heavy atom. The van der Waals surface area contributed by atoms with Crippen molar-refractivity contribution in [2.75, 3.05) is 32.7 Å². The number of hydrogen-bond donors (Lipinski definition) is 2.